The van der Waals surface area contributed by atoms with Gasteiger partial charge >= 0.3 is 0 Å². The number of rotatable bonds is 5. The number of fused-ring (bicyclic) bond motifs is 2. The van der Waals surface area contributed by atoms with Gasteiger partial charge in [-0.3, -0.25) is 9.97 Å². The van der Waals surface area contributed by atoms with Gasteiger partial charge in [0, 0.05) is 59.0 Å². The first-order valence-electron chi connectivity index (χ1n) is 11.4. The van der Waals surface area contributed by atoms with Crippen LogP contribution in [0, 0.1) is 0 Å². The monoisotopic (exact) mass is 450 g/mol. The Morgan fingerprint density at radius 2 is 1.76 bits per heavy atom. The molecule has 3 N–H and O–H groups in total. The van der Waals surface area contributed by atoms with Crippen molar-refractivity contribution in [2.75, 3.05) is 10.6 Å². The van der Waals surface area contributed by atoms with Gasteiger partial charge in [-0.05, 0) is 66.9 Å². The molecule has 0 bridgehead atoms. The van der Waals surface area contributed by atoms with Crippen molar-refractivity contribution in [2.45, 2.75) is 25.4 Å². The van der Waals surface area contributed by atoms with Gasteiger partial charge in [0.25, 0.3) is 0 Å². The summed E-state index contributed by atoms with van der Waals surface area (Å²) in [4.78, 5) is 16.7. The first kappa shape index (κ1) is 20.4. The molecule has 0 amide bonds. The zero-order valence-corrected chi connectivity index (χ0v) is 18.4. The van der Waals surface area contributed by atoms with Crippen LogP contribution in [0.1, 0.15) is 17.7 Å². The van der Waals surface area contributed by atoms with Gasteiger partial charge in [0.2, 0.25) is 0 Å². The third kappa shape index (κ3) is 4.08. The van der Waals surface area contributed by atoms with Gasteiger partial charge in [-0.2, -0.15) is 0 Å². The van der Waals surface area contributed by atoms with Crippen molar-refractivity contribution in [1.82, 2.24) is 19.9 Å². The minimum absolute atomic E-state index is 0.409. The van der Waals surface area contributed by atoms with Crippen LogP contribution >= 0.6 is 0 Å². The summed E-state index contributed by atoms with van der Waals surface area (Å²) in [5.41, 5.74) is 8.56. The van der Waals surface area contributed by atoms with E-state index in [0.29, 0.717) is 19.3 Å². The number of anilines is 4. The second-order valence-electron chi connectivity index (χ2n) is 8.51. The van der Waals surface area contributed by atoms with Gasteiger partial charge < -0.3 is 15.6 Å². The molecule has 1 unspecified atom stereocenters. The normalized spacial score (nSPS) is 15.1. The van der Waals surface area contributed by atoms with Crippen LogP contribution in [0.4, 0.5) is 27.1 Å². The van der Waals surface area contributed by atoms with E-state index in [9.17, 15) is 4.39 Å². The van der Waals surface area contributed by atoms with E-state index in [2.05, 4.69) is 31.7 Å². The number of nitrogens with zero attached hydrogens (tertiary/aromatic N) is 3. The number of benzene rings is 2. The molecule has 1 aliphatic carbocycles. The summed E-state index contributed by atoms with van der Waals surface area (Å²) in [6.45, 7) is 0. The molecule has 0 fully saturated rings. The van der Waals surface area contributed by atoms with Crippen molar-refractivity contribution in [1.29, 1.82) is 0 Å². The number of imidazole rings is 1. The summed E-state index contributed by atoms with van der Waals surface area (Å²) in [5, 5.41) is 6.85. The number of H-pyrrole nitrogens is 1. The molecule has 34 heavy (non-hydrogen) atoms. The average molecular weight is 451 g/mol. The smallest absolute Gasteiger partial charge is 0.138 e. The van der Waals surface area contributed by atoms with E-state index in [-0.39, 0.29) is 0 Å². The topological polar surface area (TPSA) is 78.5 Å². The first-order valence-corrected chi connectivity index (χ1v) is 11.4. The van der Waals surface area contributed by atoms with Gasteiger partial charge in [-0.1, -0.05) is 12.1 Å². The maximum Gasteiger partial charge on any atom is 0.138 e. The van der Waals surface area contributed by atoms with Crippen molar-refractivity contribution in [3.63, 3.8) is 0 Å². The Balaban J connectivity index is 1.27. The zero-order chi connectivity index (χ0) is 22.9. The fraction of sp³-hybridized carbons (Fsp3) is 0.148. The molecule has 5 aromatic rings. The average Bonchev–Trinajstić information content (AvgIpc) is 3.29. The van der Waals surface area contributed by atoms with E-state index in [4.69, 9.17) is 4.98 Å². The third-order valence-electron chi connectivity index (χ3n) is 6.13. The molecule has 2 aromatic carbocycles. The van der Waals surface area contributed by atoms with Crippen LogP contribution in [0.2, 0.25) is 0 Å². The number of pyridine rings is 2. The molecule has 3 aromatic heterocycles. The van der Waals surface area contributed by atoms with Crippen LogP contribution < -0.4 is 10.6 Å². The molecule has 6 nitrogen and oxygen atoms in total. The molecule has 168 valence electrons. The van der Waals surface area contributed by atoms with Crippen LogP contribution in [0.3, 0.4) is 0 Å². The highest BCUT2D eigenvalue weighted by Crippen LogP contribution is 2.31. The molecule has 3 heterocycles. The molecule has 1 atom stereocenters. The molecule has 0 radical (unpaired) electrons. The van der Waals surface area contributed by atoms with Crippen LogP contribution in [-0.4, -0.2) is 26.1 Å². The fourth-order valence-corrected chi connectivity index (χ4v) is 4.44. The molecule has 1 aliphatic rings. The number of hydrogen-bond donors (Lipinski definition) is 3. The SMILES string of the molecule is FC1CCc2nccc(Nc3ccc4nc(-c5cccc(Nc6ccncc6)c5)[nH]c4c3)c2C1. The van der Waals surface area contributed by atoms with E-state index in [1.165, 1.54) is 0 Å². The van der Waals surface area contributed by atoms with Gasteiger partial charge in [-0.25, -0.2) is 9.37 Å². The highest BCUT2D eigenvalue weighted by Gasteiger charge is 2.21. The van der Waals surface area contributed by atoms with Crippen molar-refractivity contribution >= 4 is 33.8 Å². The molecule has 7 heteroatoms. The predicted molar refractivity (Wildman–Crippen MR) is 133 cm³/mol. The van der Waals surface area contributed by atoms with E-state index in [1.54, 1.807) is 18.6 Å². The van der Waals surface area contributed by atoms with Crippen LogP contribution in [0.5, 0.6) is 0 Å². The second kappa shape index (κ2) is 8.59. The summed E-state index contributed by atoms with van der Waals surface area (Å²) >= 11 is 0. The Hall–Kier alpha value is -4.26. The Kier molecular flexibility index (Phi) is 5.14. The molecular formula is C27H23FN6. The number of aromatic amines is 1. The minimum Gasteiger partial charge on any atom is -0.355 e. The van der Waals surface area contributed by atoms with Crippen LogP contribution in [0.15, 0.2) is 79.3 Å². The predicted octanol–water partition coefficient (Wildman–Crippen LogP) is 6.33. The van der Waals surface area contributed by atoms with E-state index >= 15 is 0 Å². The van der Waals surface area contributed by atoms with Gasteiger partial charge in [0.15, 0.2) is 0 Å². The lowest BCUT2D eigenvalue weighted by molar-refractivity contribution is 0.300. The third-order valence-corrected chi connectivity index (χ3v) is 6.13. The van der Waals surface area contributed by atoms with Gasteiger partial charge in [0.1, 0.15) is 12.0 Å². The number of aromatic nitrogens is 4. The number of nitrogens with one attached hydrogen (secondary N) is 3. The molecule has 0 spiro atoms. The Bertz CT molecular complexity index is 1460. The lowest BCUT2D eigenvalue weighted by Crippen LogP contribution is -2.17. The standard InChI is InChI=1S/C27H23FN6/c28-18-4-6-23-22(15-18)24(10-13-30-23)32-21-5-7-25-26(16-21)34-27(33-25)17-2-1-3-20(14-17)31-19-8-11-29-12-9-19/h1-3,5,7-14,16,18H,4,6,15H2,(H,29,31)(H,30,32)(H,33,34). The summed E-state index contributed by atoms with van der Waals surface area (Å²) in [5.74, 6) is 0.798. The maximum absolute atomic E-state index is 14.0. The second-order valence-corrected chi connectivity index (χ2v) is 8.51. The van der Waals surface area contributed by atoms with E-state index < -0.39 is 6.17 Å². The Morgan fingerprint density at radius 3 is 2.68 bits per heavy atom. The first-order chi connectivity index (χ1) is 16.7. The van der Waals surface area contributed by atoms with Crippen molar-refractivity contribution in [3.05, 3.63) is 90.5 Å². The molecular weight excluding hydrogens is 427 g/mol. The van der Waals surface area contributed by atoms with Crippen molar-refractivity contribution in [3.8, 4) is 11.4 Å². The number of halogens is 1. The highest BCUT2D eigenvalue weighted by atomic mass is 19.1. The van der Waals surface area contributed by atoms with Crippen LogP contribution in [-0.2, 0) is 12.8 Å². The van der Waals surface area contributed by atoms with E-state index in [0.717, 1.165) is 56.4 Å². The van der Waals surface area contributed by atoms with Gasteiger partial charge in [-0.15, -0.1) is 0 Å². The van der Waals surface area contributed by atoms with Crippen LogP contribution in [0.25, 0.3) is 22.4 Å². The summed E-state index contributed by atoms with van der Waals surface area (Å²) in [6.07, 6.45) is 6.14. The minimum atomic E-state index is -0.807. The Labute approximate surface area is 196 Å². The fourth-order valence-electron chi connectivity index (χ4n) is 4.44. The number of hydrogen-bond acceptors (Lipinski definition) is 5. The summed E-state index contributed by atoms with van der Waals surface area (Å²) in [7, 11) is 0. The lowest BCUT2D eigenvalue weighted by atomic mass is 9.93. The molecule has 0 saturated heterocycles. The molecule has 6 rings (SSSR count). The summed E-state index contributed by atoms with van der Waals surface area (Å²) in [6, 6.07) is 19.9. The largest absolute Gasteiger partial charge is 0.355 e. The molecule has 0 saturated carbocycles. The number of aryl methyl sites for hydroxylation is 1. The van der Waals surface area contributed by atoms with E-state index in [1.807, 2.05) is 54.6 Å². The Morgan fingerprint density at radius 1 is 0.882 bits per heavy atom. The van der Waals surface area contributed by atoms with Crippen molar-refractivity contribution < 1.29 is 4.39 Å². The highest BCUT2D eigenvalue weighted by molar-refractivity contribution is 5.84. The maximum atomic E-state index is 14.0. The molecule has 0 aliphatic heterocycles. The lowest BCUT2D eigenvalue weighted by Gasteiger charge is -2.21. The summed E-state index contributed by atoms with van der Waals surface area (Å²) < 4.78 is 14.0. The zero-order valence-electron chi connectivity index (χ0n) is 18.4. The van der Waals surface area contributed by atoms with Gasteiger partial charge in [0.05, 0.1) is 11.0 Å². The van der Waals surface area contributed by atoms with Crippen molar-refractivity contribution in [2.24, 2.45) is 0 Å². The number of alkyl halides is 1. The quantitative estimate of drug-likeness (QED) is 0.291.